The smallest absolute Gasteiger partial charge is 0.342 e. The summed E-state index contributed by atoms with van der Waals surface area (Å²) in [5.41, 5.74) is 3.98. The molecule has 0 aliphatic heterocycles. The Labute approximate surface area is 228 Å². The van der Waals surface area contributed by atoms with Crippen LogP contribution in [0, 0.1) is 30.1 Å². The minimum Gasteiger partial charge on any atom is -0.497 e. The van der Waals surface area contributed by atoms with Crippen LogP contribution in [0.4, 0.5) is 0 Å². The Morgan fingerprint density at radius 1 is 1.03 bits per heavy atom. The Hall–Kier alpha value is -3.06. The van der Waals surface area contributed by atoms with Crippen molar-refractivity contribution in [2.75, 3.05) is 14.2 Å². The van der Waals surface area contributed by atoms with Crippen LogP contribution in [0.1, 0.15) is 60.1 Å². The molecule has 0 spiro atoms. The maximum atomic E-state index is 13.1. The highest BCUT2D eigenvalue weighted by Gasteiger charge is 2.51. The van der Waals surface area contributed by atoms with Crippen LogP contribution in [0.25, 0.3) is 11.1 Å². The Morgan fingerprint density at radius 2 is 1.68 bits per heavy atom. The van der Waals surface area contributed by atoms with Gasteiger partial charge in [-0.25, -0.2) is 9.78 Å². The molecule has 4 bridgehead atoms. The van der Waals surface area contributed by atoms with Crippen LogP contribution in [-0.2, 0) is 17.9 Å². The van der Waals surface area contributed by atoms with Gasteiger partial charge in [-0.05, 0) is 86.3 Å². The number of carbonyl (C=O) groups excluding carboxylic acids is 1. The molecule has 4 fully saturated rings. The summed E-state index contributed by atoms with van der Waals surface area (Å²) in [6, 6.07) is 7.52. The number of methoxy groups -OCH3 is 2. The second kappa shape index (κ2) is 9.92. The van der Waals surface area contributed by atoms with Gasteiger partial charge in [-0.2, -0.15) is 5.10 Å². The molecule has 0 amide bonds. The van der Waals surface area contributed by atoms with Gasteiger partial charge in [0.05, 0.1) is 20.4 Å². The normalized spacial score (nSPS) is 25.4. The van der Waals surface area contributed by atoms with Gasteiger partial charge < -0.3 is 14.2 Å². The van der Waals surface area contributed by atoms with Gasteiger partial charge in [-0.15, -0.1) is 0 Å². The van der Waals surface area contributed by atoms with E-state index < -0.39 is 5.97 Å². The molecule has 4 aliphatic carbocycles. The predicted octanol–water partition coefficient (Wildman–Crippen LogP) is 6.50. The molecule has 0 saturated heterocycles. The van der Waals surface area contributed by atoms with Crippen molar-refractivity contribution in [1.82, 2.24) is 14.8 Å². The summed E-state index contributed by atoms with van der Waals surface area (Å²) in [4.78, 5) is 17.4. The summed E-state index contributed by atoms with van der Waals surface area (Å²) in [6.45, 7) is 3.21. The lowest BCUT2D eigenvalue weighted by molar-refractivity contribution is -0.0638. The number of nitrogens with zero attached hydrogens (tertiary/aromatic N) is 3. The minimum absolute atomic E-state index is 0.112. The van der Waals surface area contributed by atoms with E-state index in [0.717, 1.165) is 46.9 Å². The molecule has 3 aromatic rings. The number of hydrogen-bond acceptors (Lipinski definition) is 6. The topological polar surface area (TPSA) is 75.5 Å². The largest absolute Gasteiger partial charge is 0.497 e. The SMILES string of the molecule is COC(=O)c1c(-c2cnn(CC34CC5CC(CC(C5)C3)C4)c2C)cnc(Cl)c1OCc1ccc(OC)cc1. The van der Waals surface area contributed by atoms with Crippen LogP contribution in [0.5, 0.6) is 11.5 Å². The lowest BCUT2D eigenvalue weighted by atomic mass is 9.49. The van der Waals surface area contributed by atoms with Crippen molar-refractivity contribution < 1.29 is 19.0 Å². The maximum Gasteiger partial charge on any atom is 0.342 e. The number of hydrogen-bond donors (Lipinski definition) is 0. The zero-order valence-electron chi connectivity index (χ0n) is 22.2. The van der Waals surface area contributed by atoms with Crippen molar-refractivity contribution in [3.8, 4) is 22.6 Å². The first-order valence-electron chi connectivity index (χ1n) is 13.4. The number of rotatable bonds is 8. The number of esters is 1. The van der Waals surface area contributed by atoms with Crippen LogP contribution in [0.3, 0.4) is 0 Å². The fourth-order valence-electron chi connectivity index (χ4n) is 7.66. The summed E-state index contributed by atoms with van der Waals surface area (Å²) >= 11 is 6.47. The van der Waals surface area contributed by atoms with Gasteiger partial charge >= 0.3 is 5.97 Å². The Balaban J connectivity index is 1.31. The number of benzene rings is 1. The van der Waals surface area contributed by atoms with Crippen LogP contribution in [0.2, 0.25) is 5.15 Å². The van der Waals surface area contributed by atoms with E-state index in [1.807, 2.05) is 30.5 Å². The molecule has 8 heteroatoms. The van der Waals surface area contributed by atoms with E-state index in [1.54, 1.807) is 13.3 Å². The third-order valence-electron chi connectivity index (χ3n) is 8.97. The number of aromatic nitrogens is 3. The molecule has 7 rings (SSSR count). The molecular weight excluding hydrogens is 502 g/mol. The highest BCUT2D eigenvalue weighted by Crippen LogP contribution is 2.60. The fourth-order valence-corrected chi connectivity index (χ4v) is 7.86. The summed E-state index contributed by atoms with van der Waals surface area (Å²) in [5.74, 6) is 3.09. The van der Waals surface area contributed by atoms with Gasteiger partial charge in [0.15, 0.2) is 10.9 Å². The van der Waals surface area contributed by atoms with Crippen molar-refractivity contribution in [2.24, 2.45) is 23.2 Å². The third kappa shape index (κ3) is 4.55. The molecule has 2 aromatic heterocycles. The van der Waals surface area contributed by atoms with Gasteiger partial charge in [-0.3, -0.25) is 4.68 Å². The van der Waals surface area contributed by atoms with Gasteiger partial charge in [0.25, 0.3) is 0 Å². The Bertz CT molecular complexity index is 1310. The average Bonchev–Trinajstić information content (AvgIpc) is 3.25. The first-order valence-corrected chi connectivity index (χ1v) is 13.8. The molecule has 0 radical (unpaired) electrons. The lowest BCUT2D eigenvalue weighted by Crippen LogP contribution is -2.48. The Morgan fingerprint density at radius 3 is 2.29 bits per heavy atom. The van der Waals surface area contributed by atoms with E-state index in [2.05, 4.69) is 16.6 Å². The second-order valence-electron chi connectivity index (χ2n) is 11.5. The van der Waals surface area contributed by atoms with Crippen molar-refractivity contribution in [2.45, 2.75) is 58.6 Å². The zero-order valence-corrected chi connectivity index (χ0v) is 23.0. The quantitative estimate of drug-likeness (QED) is 0.242. The van der Waals surface area contributed by atoms with Crippen LogP contribution in [-0.4, -0.2) is 35.0 Å². The monoisotopic (exact) mass is 535 g/mol. The molecule has 38 heavy (non-hydrogen) atoms. The molecule has 200 valence electrons. The number of ether oxygens (including phenoxy) is 3. The fraction of sp³-hybridized carbons (Fsp3) is 0.500. The zero-order chi connectivity index (χ0) is 26.4. The molecule has 0 unspecified atom stereocenters. The first-order chi connectivity index (χ1) is 18.4. The highest BCUT2D eigenvalue weighted by atomic mass is 35.5. The van der Waals surface area contributed by atoms with Crippen molar-refractivity contribution in [3.05, 3.63) is 58.6 Å². The van der Waals surface area contributed by atoms with Gasteiger partial charge in [0.1, 0.15) is 17.9 Å². The van der Waals surface area contributed by atoms with E-state index in [-0.39, 0.29) is 23.1 Å². The van der Waals surface area contributed by atoms with E-state index in [9.17, 15) is 4.79 Å². The van der Waals surface area contributed by atoms with Gasteiger partial charge in [-0.1, -0.05) is 23.7 Å². The highest BCUT2D eigenvalue weighted by molar-refractivity contribution is 6.31. The molecule has 0 atom stereocenters. The van der Waals surface area contributed by atoms with Crippen molar-refractivity contribution in [3.63, 3.8) is 0 Å². The molecule has 7 nitrogen and oxygen atoms in total. The number of pyridine rings is 1. The molecule has 4 aliphatic rings. The summed E-state index contributed by atoms with van der Waals surface area (Å²) in [7, 11) is 2.98. The molecular formula is C30H34ClN3O4. The van der Waals surface area contributed by atoms with Gasteiger partial charge in [0.2, 0.25) is 0 Å². The lowest BCUT2D eigenvalue weighted by Gasteiger charge is -2.56. The molecule has 0 N–H and O–H groups in total. The summed E-state index contributed by atoms with van der Waals surface area (Å²) in [6.07, 6.45) is 11.6. The third-order valence-corrected chi connectivity index (χ3v) is 9.24. The maximum absolute atomic E-state index is 13.1. The van der Waals surface area contributed by atoms with E-state index >= 15 is 0 Å². The average molecular weight is 536 g/mol. The predicted molar refractivity (Wildman–Crippen MR) is 144 cm³/mol. The van der Waals surface area contributed by atoms with Crippen LogP contribution >= 0.6 is 11.6 Å². The Kier molecular flexibility index (Phi) is 6.58. The molecule has 2 heterocycles. The number of halogens is 1. The van der Waals surface area contributed by atoms with Crippen LogP contribution in [0.15, 0.2) is 36.7 Å². The minimum atomic E-state index is -0.526. The van der Waals surface area contributed by atoms with Crippen LogP contribution < -0.4 is 9.47 Å². The van der Waals surface area contributed by atoms with E-state index in [4.69, 9.17) is 30.9 Å². The standard InChI is InChI=1S/C30H34ClN3O4/c1-18-24(15-33-34(18)17-30-11-20-8-21(12-30)10-22(9-20)13-30)25-14-32-28(31)27(26(25)29(35)37-3)38-16-19-4-6-23(36-2)7-5-19/h4-7,14-15,20-22H,8-13,16-17H2,1-3H3. The van der Waals surface area contributed by atoms with E-state index in [1.165, 1.54) is 45.6 Å². The van der Waals surface area contributed by atoms with Gasteiger partial charge in [0, 0.05) is 29.6 Å². The molecule has 1 aromatic carbocycles. The summed E-state index contributed by atoms with van der Waals surface area (Å²) in [5, 5.41) is 4.92. The summed E-state index contributed by atoms with van der Waals surface area (Å²) < 4.78 is 18.6. The van der Waals surface area contributed by atoms with E-state index in [0.29, 0.717) is 11.0 Å². The second-order valence-corrected chi connectivity index (χ2v) is 11.9. The van der Waals surface area contributed by atoms with Crippen molar-refractivity contribution in [1.29, 1.82) is 0 Å². The van der Waals surface area contributed by atoms with Crippen molar-refractivity contribution >= 4 is 17.6 Å². The molecule has 4 saturated carbocycles. The first kappa shape index (κ1) is 25.2. The number of carbonyl (C=O) groups is 1.